The number of carbonyl (C=O) groups is 1. The fourth-order valence-electron chi connectivity index (χ4n) is 1.80. The molecule has 1 N–H and O–H groups in total. The molecule has 0 aliphatic heterocycles. The molecule has 23 heavy (non-hydrogen) atoms. The molecule has 0 bridgehead atoms. The number of nitrogens with zero attached hydrogens (tertiary/aromatic N) is 2. The van der Waals surface area contributed by atoms with Crippen molar-refractivity contribution in [1.82, 2.24) is 5.16 Å². The second kappa shape index (κ2) is 7.05. The van der Waals surface area contributed by atoms with Gasteiger partial charge < -0.3 is 14.4 Å². The summed E-state index contributed by atoms with van der Waals surface area (Å²) in [5, 5.41) is 23.2. The summed E-state index contributed by atoms with van der Waals surface area (Å²) in [6.45, 7) is 0.976. The van der Waals surface area contributed by atoms with Crippen molar-refractivity contribution in [2.24, 2.45) is 0 Å². The second-order valence-corrected chi connectivity index (χ2v) is 5.35. The Bertz CT molecular complexity index is 784. The molecule has 8 nitrogen and oxygen atoms in total. The lowest BCUT2D eigenvalue weighted by Gasteiger charge is -2.07. The first-order chi connectivity index (χ1) is 10.9. The number of aromatic nitrogens is 1. The van der Waals surface area contributed by atoms with E-state index in [0.717, 1.165) is 4.47 Å². The summed E-state index contributed by atoms with van der Waals surface area (Å²) in [6.07, 6.45) is 2.91. The topological polar surface area (TPSA) is 116 Å². The third kappa shape index (κ3) is 4.16. The van der Waals surface area contributed by atoms with Crippen molar-refractivity contribution in [1.29, 1.82) is 0 Å². The molecule has 0 fully saturated rings. The number of hydrogen-bond acceptors (Lipinski definition) is 6. The second-order valence-electron chi connectivity index (χ2n) is 4.44. The molecule has 0 unspecified atom stereocenters. The van der Waals surface area contributed by atoms with Crippen LogP contribution in [-0.4, -0.2) is 27.8 Å². The number of hydrogen-bond donors (Lipinski definition) is 1. The Kier molecular flexibility index (Phi) is 5.12. The smallest absolute Gasteiger partial charge is 0.341 e. The van der Waals surface area contributed by atoms with E-state index >= 15 is 0 Å². The van der Waals surface area contributed by atoms with Crippen LogP contribution in [-0.2, 0) is 4.79 Å². The molecular weight excluding hydrogens is 372 g/mol. The molecule has 120 valence electrons. The number of carboxylic acid groups (broad SMARTS) is 1. The van der Waals surface area contributed by atoms with Crippen LogP contribution in [0.15, 0.2) is 27.2 Å². The summed E-state index contributed by atoms with van der Waals surface area (Å²) in [6, 6.07) is 4.96. The van der Waals surface area contributed by atoms with Crippen molar-refractivity contribution in [3.8, 4) is 5.75 Å². The van der Waals surface area contributed by atoms with Gasteiger partial charge in [0.2, 0.25) is 5.76 Å². The van der Waals surface area contributed by atoms with Crippen molar-refractivity contribution in [2.45, 2.75) is 6.92 Å². The molecule has 1 aromatic carbocycles. The average Bonchev–Trinajstić information content (AvgIpc) is 2.85. The molecular formula is C14H11BrN2O6. The molecule has 0 spiro atoms. The summed E-state index contributed by atoms with van der Waals surface area (Å²) < 4.78 is 10.8. The largest absolute Gasteiger partial charge is 0.481 e. The maximum atomic E-state index is 11.0. The molecule has 0 atom stereocenters. The van der Waals surface area contributed by atoms with E-state index in [9.17, 15) is 14.9 Å². The summed E-state index contributed by atoms with van der Waals surface area (Å²) in [4.78, 5) is 21.0. The number of benzene rings is 1. The van der Waals surface area contributed by atoms with Crippen LogP contribution in [0.5, 0.6) is 5.75 Å². The van der Waals surface area contributed by atoms with Gasteiger partial charge in [-0.25, -0.2) is 4.79 Å². The van der Waals surface area contributed by atoms with Crippen LogP contribution in [0.1, 0.15) is 17.0 Å². The predicted octanol–water partition coefficient (Wildman–Crippen LogP) is 3.29. The zero-order valence-electron chi connectivity index (χ0n) is 11.9. The van der Waals surface area contributed by atoms with Gasteiger partial charge in [0, 0.05) is 10.0 Å². The monoisotopic (exact) mass is 382 g/mol. The molecule has 1 aromatic heterocycles. The van der Waals surface area contributed by atoms with Crippen LogP contribution in [0.4, 0.5) is 5.69 Å². The number of aryl methyl sites for hydroxylation is 1. The van der Waals surface area contributed by atoms with Crippen LogP contribution in [0.25, 0.3) is 12.2 Å². The van der Waals surface area contributed by atoms with Crippen LogP contribution in [0.3, 0.4) is 0 Å². The number of aliphatic carboxylic acids is 1. The van der Waals surface area contributed by atoms with Crippen molar-refractivity contribution in [2.75, 3.05) is 6.61 Å². The van der Waals surface area contributed by atoms with Gasteiger partial charge in [-0.05, 0) is 37.3 Å². The van der Waals surface area contributed by atoms with Crippen LogP contribution in [0.2, 0.25) is 0 Å². The Morgan fingerprint density at radius 1 is 1.52 bits per heavy atom. The highest BCUT2D eigenvalue weighted by Gasteiger charge is 2.22. The zero-order chi connectivity index (χ0) is 17.0. The third-order valence-electron chi connectivity index (χ3n) is 2.78. The van der Waals surface area contributed by atoms with E-state index in [2.05, 4.69) is 21.1 Å². The summed E-state index contributed by atoms with van der Waals surface area (Å²) in [5.74, 6) is -0.785. The van der Waals surface area contributed by atoms with Gasteiger partial charge in [-0.3, -0.25) is 10.1 Å². The molecule has 0 amide bonds. The summed E-state index contributed by atoms with van der Waals surface area (Å²) in [5.41, 5.74) is 0.486. The highest BCUT2D eigenvalue weighted by Crippen LogP contribution is 2.28. The molecule has 0 saturated heterocycles. The van der Waals surface area contributed by atoms with E-state index in [1.165, 1.54) is 19.1 Å². The maximum absolute atomic E-state index is 11.0. The van der Waals surface area contributed by atoms with Gasteiger partial charge in [0.25, 0.3) is 0 Å². The number of carboxylic acids is 1. The summed E-state index contributed by atoms with van der Waals surface area (Å²) >= 11 is 3.29. The number of nitro groups is 1. The first-order valence-electron chi connectivity index (χ1n) is 6.31. The van der Waals surface area contributed by atoms with E-state index in [1.807, 2.05) is 0 Å². The van der Waals surface area contributed by atoms with Gasteiger partial charge in [0.1, 0.15) is 5.75 Å². The fourth-order valence-corrected chi connectivity index (χ4v) is 2.18. The highest BCUT2D eigenvalue weighted by molar-refractivity contribution is 9.10. The van der Waals surface area contributed by atoms with Gasteiger partial charge in [-0.15, -0.1) is 0 Å². The Morgan fingerprint density at radius 2 is 2.26 bits per heavy atom. The lowest BCUT2D eigenvalue weighted by atomic mass is 10.1. The van der Waals surface area contributed by atoms with Gasteiger partial charge in [0.05, 0.1) is 4.92 Å². The minimum atomic E-state index is -1.11. The van der Waals surface area contributed by atoms with Crippen molar-refractivity contribution in [3.05, 3.63) is 49.8 Å². The van der Waals surface area contributed by atoms with Crippen molar-refractivity contribution >= 4 is 39.7 Å². The molecule has 1 heterocycles. The molecule has 9 heteroatoms. The van der Waals surface area contributed by atoms with Crippen molar-refractivity contribution in [3.63, 3.8) is 0 Å². The van der Waals surface area contributed by atoms with Gasteiger partial charge in [0.15, 0.2) is 12.3 Å². The third-order valence-corrected chi connectivity index (χ3v) is 3.27. The fraction of sp³-hybridized carbons (Fsp3) is 0.143. The number of rotatable bonds is 6. The number of ether oxygens (including phenoxy) is 1. The lowest BCUT2D eigenvalue weighted by molar-refractivity contribution is -0.386. The van der Waals surface area contributed by atoms with Crippen LogP contribution >= 0.6 is 15.9 Å². The van der Waals surface area contributed by atoms with Gasteiger partial charge in [-0.2, -0.15) is 0 Å². The lowest BCUT2D eigenvalue weighted by Crippen LogP contribution is -2.09. The Morgan fingerprint density at radius 3 is 2.91 bits per heavy atom. The molecule has 0 radical (unpaired) electrons. The quantitative estimate of drug-likeness (QED) is 0.601. The standard InChI is InChI=1S/C14H11BrN2O6/c1-8-14(17(20)21)12(23-16-8)4-2-9-6-10(15)3-5-11(9)22-7-13(18)19/h2-6H,7H2,1H3,(H,18,19)/b4-2-. The molecule has 2 aromatic rings. The van der Waals surface area contributed by atoms with E-state index in [1.54, 1.807) is 18.2 Å². The Hall–Kier alpha value is -2.68. The first-order valence-corrected chi connectivity index (χ1v) is 7.10. The normalized spacial score (nSPS) is 10.9. The van der Waals surface area contributed by atoms with Gasteiger partial charge >= 0.3 is 11.7 Å². The minimum absolute atomic E-state index is 0.00309. The molecule has 2 rings (SSSR count). The van der Waals surface area contributed by atoms with E-state index < -0.39 is 17.5 Å². The summed E-state index contributed by atoms with van der Waals surface area (Å²) in [7, 11) is 0. The van der Waals surface area contributed by atoms with E-state index in [4.69, 9.17) is 14.4 Å². The average molecular weight is 383 g/mol. The van der Waals surface area contributed by atoms with Crippen LogP contribution < -0.4 is 4.74 Å². The predicted molar refractivity (Wildman–Crippen MR) is 84.1 cm³/mol. The zero-order valence-corrected chi connectivity index (χ0v) is 13.4. The molecule has 0 aliphatic rings. The maximum Gasteiger partial charge on any atom is 0.341 e. The Balaban J connectivity index is 2.33. The molecule has 0 aliphatic carbocycles. The van der Waals surface area contributed by atoms with E-state index in [0.29, 0.717) is 11.3 Å². The number of halogens is 1. The minimum Gasteiger partial charge on any atom is -0.481 e. The van der Waals surface area contributed by atoms with Gasteiger partial charge in [-0.1, -0.05) is 21.1 Å². The highest BCUT2D eigenvalue weighted by atomic mass is 79.9. The molecule has 0 saturated carbocycles. The van der Waals surface area contributed by atoms with Crippen LogP contribution in [0, 0.1) is 17.0 Å². The van der Waals surface area contributed by atoms with Crippen molar-refractivity contribution < 1.29 is 24.1 Å². The SMILES string of the molecule is Cc1noc(/C=C\c2cc(Br)ccc2OCC(=O)O)c1[N+](=O)[O-]. The Labute approximate surface area is 138 Å². The first kappa shape index (κ1) is 16.7. The van der Waals surface area contributed by atoms with E-state index in [-0.39, 0.29) is 17.1 Å².